The van der Waals surface area contributed by atoms with Crippen LogP contribution in [0.4, 0.5) is 5.82 Å². The molecule has 1 aliphatic rings. The topological polar surface area (TPSA) is 47.0 Å². The van der Waals surface area contributed by atoms with Crippen molar-refractivity contribution in [2.45, 2.75) is 44.4 Å². The molecule has 4 nitrogen and oxygen atoms in total. The van der Waals surface area contributed by atoms with Crippen LogP contribution >= 0.6 is 11.6 Å². The Labute approximate surface area is 119 Å². The number of anilines is 1. The summed E-state index contributed by atoms with van der Waals surface area (Å²) in [6.07, 6.45) is 9.19. The molecule has 0 radical (unpaired) electrons. The lowest BCUT2D eigenvalue weighted by molar-refractivity contribution is 0.304. The van der Waals surface area contributed by atoms with E-state index in [1.54, 1.807) is 12.4 Å². The van der Waals surface area contributed by atoms with Crippen LogP contribution < -0.4 is 10.1 Å². The van der Waals surface area contributed by atoms with Crippen LogP contribution in [-0.4, -0.2) is 28.5 Å². The summed E-state index contributed by atoms with van der Waals surface area (Å²) in [5, 5.41) is 3.61. The number of aromatic nitrogens is 2. The molecule has 5 heteroatoms. The van der Waals surface area contributed by atoms with Crippen LogP contribution in [0.3, 0.4) is 0 Å². The second-order valence-electron chi connectivity index (χ2n) is 5.03. The molecule has 0 aliphatic heterocycles. The predicted molar refractivity (Wildman–Crippen MR) is 77.9 cm³/mol. The molecule has 1 aliphatic carbocycles. The van der Waals surface area contributed by atoms with Crippen molar-refractivity contribution in [3.8, 4) is 5.88 Å². The van der Waals surface area contributed by atoms with Crippen LogP contribution in [0.25, 0.3) is 0 Å². The molecule has 0 saturated heterocycles. The standard InChI is InChI=1S/C14H22ClN3O/c1-2-7-19-14-10-16-9-13(18-14)17-8-11-5-3-4-6-12(11)15/h9-12H,2-8H2,1H3,(H,17,18). The van der Waals surface area contributed by atoms with Crippen LogP contribution in [0.1, 0.15) is 39.0 Å². The summed E-state index contributed by atoms with van der Waals surface area (Å²) in [5.41, 5.74) is 0. The van der Waals surface area contributed by atoms with Crippen molar-refractivity contribution in [2.75, 3.05) is 18.5 Å². The molecular weight excluding hydrogens is 262 g/mol. The van der Waals surface area contributed by atoms with Gasteiger partial charge in [0.15, 0.2) is 0 Å². The van der Waals surface area contributed by atoms with Crippen molar-refractivity contribution in [2.24, 2.45) is 5.92 Å². The number of nitrogens with zero attached hydrogens (tertiary/aromatic N) is 2. The van der Waals surface area contributed by atoms with E-state index in [0.29, 0.717) is 18.4 Å². The molecule has 0 spiro atoms. The molecule has 106 valence electrons. The van der Waals surface area contributed by atoms with E-state index >= 15 is 0 Å². The number of rotatable bonds is 6. The van der Waals surface area contributed by atoms with E-state index in [2.05, 4.69) is 22.2 Å². The van der Waals surface area contributed by atoms with Crippen LogP contribution in [0.5, 0.6) is 5.88 Å². The van der Waals surface area contributed by atoms with Gasteiger partial charge in [-0.1, -0.05) is 19.8 Å². The smallest absolute Gasteiger partial charge is 0.234 e. The highest BCUT2D eigenvalue weighted by Crippen LogP contribution is 2.28. The lowest BCUT2D eigenvalue weighted by Gasteiger charge is -2.27. The molecule has 2 atom stereocenters. The molecule has 0 aromatic carbocycles. The fraction of sp³-hybridized carbons (Fsp3) is 0.714. The van der Waals surface area contributed by atoms with Gasteiger partial charge in [0.25, 0.3) is 0 Å². The number of hydrogen-bond donors (Lipinski definition) is 1. The Morgan fingerprint density at radius 1 is 1.37 bits per heavy atom. The highest BCUT2D eigenvalue weighted by molar-refractivity contribution is 6.20. The molecule has 0 amide bonds. The van der Waals surface area contributed by atoms with Gasteiger partial charge in [0, 0.05) is 11.9 Å². The first kappa shape index (κ1) is 14.4. The monoisotopic (exact) mass is 283 g/mol. The lowest BCUT2D eigenvalue weighted by Crippen LogP contribution is -2.27. The Morgan fingerprint density at radius 3 is 3.00 bits per heavy atom. The summed E-state index contributed by atoms with van der Waals surface area (Å²) in [6.45, 7) is 3.60. The SMILES string of the molecule is CCCOc1cncc(NCC2CCCCC2Cl)n1. The first-order chi connectivity index (χ1) is 9.29. The first-order valence-electron chi connectivity index (χ1n) is 7.12. The van der Waals surface area contributed by atoms with Crippen LogP contribution in [0, 0.1) is 5.92 Å². The molecule has 2 rings (SSSR count). The van der Waals surface area contributed by atoms with Gasteiger partial charge in [-0.25, -0.2) is 0 Å². The van der Waals surface area contributed by atoms with E-state index < -0.39 is 0 Å². The molecular formula is C14H22ClN3O. The van der Waals surface area contributed by atoms with E-state index in [1.807, 2.05) is 0 Å². The summed E-state index contributed by atoms with van der Waals surface area (Å²) in [5.74, 6) is 1.87. The zero-order chi connectivity index (χ0) is 13.5. The van der Waals surface area contributed by atoms with Gasteiger partial charge in [-0.05, 0) is 25.2 Å². The number of ether oxygens (including phenoxy) is 1. The van der Waals surface area contributed by atoms with Crippen molar-refractivity contribution in [3.63, 3.8) is 0 Å². The lowest BCUT2D eigenvalue weighted by atomic mass is 9.89. The molecule has 1 fully saturated rings. The highest BCUT2D eigenvalue weighted by Gasteiger charge is 2.22. The molecule has 19 heavy (non-hydrogen) atoms. The maximum absolute atomic E-state index is 6.35. The van der Waals surface area contributed by atoms with Crippen molar-refractivity contribution >= 4 is 17.4 Å². The van der Waals surface area contributed by atoms with Crippen LogP contribution in [0.15, 0.2) is 12.4 Å². The fourth-order valence-corrected chi connectivity index (χ4v) is 2.71. The van der Waals surface area contributed by atoms with Gasteiger partial charge in [0.2, 0.25) is 5.88 Å². The van der Waals surface area contributed by atoms with Gasteiger partial charge in [-0.15, -0.1) is 11.6 Å². The Bertz CT molecular complexity index is 389. The zero-order valence-electron chi connectivity index (χ0n) is 11.4. The Hall–Kier alpha value is -1.03. The Kier molecular flexibility index (Phi) is 5.70. The fourth-order valence-electron chi connectivity index (χ4n) is 2.34. The number of alkyl halides is 1. The van der Waals surface area contributed by atoms with Gasteiger partial charge in [-0.2, -0.15) is 4.98 Å². The molecule has 0 bridgehead atoms. The van der Waals surface area contributed by atoms with Gasteiger partial charge in [-0.3, -0.25) is 4.98 Å². The number of halogens is 1. The van der Waals surface area contributed by atoms with Gasteiger partial charge < -0.3 is 10.1 Å². The average Bonchev–Trinajstić information content (AvgIpc) is 2.45. The molecule has 1 heterocycles. The second-order valence-corrected chi connectivity index (χ2v) is 5.59. The van der Waals surface area contributed by atoms with Gasteiger partial charge >= 0.3 is 0 Å². The first-order valence-corrected chi connectivity index (χ1v) is 7.56. The second kappa shape index (κ2) is 7.53. The van der Waals surface area contributed by atoms with Crippen molar-refractivity contribution in [1.29, 1.82) is 0 Å². The van der Waals surface area contributed by atoms with E-state index in [1.165, 1.54) is 19.3 Å². The van der Waals surface area contributed by atoms with E-state index in [9.17, 15) is 0 Å². The van der Waals surface area contributed by atoms with E-state index in [4.69, 9.17) is 16.3 Å². The summed E-state index contributed by atoms with van der Waals surface area (Å²) < 4.78 is 5.47. The minimum atomic E-state index is 0.286. The maximum Gasteiger partial charge on any atom is 0.234 e. The zero-order valence-corrected chi connectivity index (χ0v) is 12.2. The third kappa shape index (κ3) is 4.53. The largest absolute Gasteiger partial charge is 0.477 e. The summed E-state index contributed by atoms with van der Waals surface area (Å²) in [4.78, 5) is 8.52. The minimum absolute atomic E-state index is 0.286. The van der Waals surface area contributed by atoms with Crippen LogP contribution in [-0.2, 0) is 0 Å². The third-order valence-corrected chi connectivity index (χ3v) is 4.00. The van der Waals surface area contributed by atoms with Gasteiger partial charge in [0.05, 0.1) is 19.0 Å². The molecule has 1 saturated carbocycles. The van der Waals surface area contributed by atoms with Crippen molar-refractivity contribution in [1.82, 2.24) is 9.97 Å². The number of nitrogens with one attached hydrogen (secondary N) is 1. The maximum atomic E-state index is 6.35. The minimum Gasteiger partial charge on any atom is -0.477 e. The number of hydrogen-bond acceptors (Lipinski definition) is 4. The quantitative estimate of drug-likeness (QED) is 0.812. The van der Waals surface area contributed by atoms with Crippen molar-refractivity contribution in [3.05, 3.63) is 12.4 Å². The molecule has 1 aromatic rings. The normalized spacial score (nSPS) is 23.1. The Balaban J connectivity index is 1.84. The van der Waals surface area contributed by atoms with E-state index in [-0.39, 0.29) is 5.38 Å². The van der Waals surface area contributed by atoms with Crippen molar-refractivity contribution < 1.29 is 4.74 Å². The summed E-state index contributed by atoms with van der Waals surface area (Å²) >= 11 is 6.35. The third-order valence-electron chi connectivity index (χ3n) is 3.43. The Morgan fingerprint density at radius 2 is 2.21 bits per heavy atom. The summed E-state index contributed by atoms with van der Waals surface area (Å²) in [7, 11) is 0. The van der Waals surface area contributed by atoms with E-state index in [0.717, 1.165) is 25.2 Å². The predicted octanol–water partition coefficient (Wildman–Crippen LogP) is 3.47. The average molecular weight is 284 g/mol. The van der Waals surface area contributed by atoms with Crippen LogP contribution in [0.2, 0.25) is 0 Å². The molecule has 1 aromatic heterocycles. The summed E-state index contributed by atoms with van der Waals surface area (Å²) in [6, 6.07) is 0. The molecule has 1 N–H and O–H groups in total. The highest BCUT2D eigenvalue weighted by atomic mass is 35.5. The van der Waals surface area contributed by atoms with Gasteiger partial charge in [0.1, 0.15) is 5.82 Å². The molecule has 2 unspecified atom stereocenters.